The predicted molar refractivity (Wildman–Crippen MR) is 82.1 cm³/mol. The van der Waals surface area contributed by atoms with Crippen LogP contribution in [0.25, 0.3) is 0 Å². The first-order chi connectivity index (χ1) is 9.67. The van der Waals surface area contributed by atoms with E-state index >= 15 is 0 Å². The first kappa shape index (κ1) is 14.6. The quantitative estimate of drug-likeness (QED) is 0.683. The second-order valence-electron chi connectivity index (χ2n) is 4.73. The van der Waals surface area contributed by atoms with E-state index < -0.39 is 0 Å². The van der Waals surface area contributed by atoms with Crippen LogP contribution in [-0.4, -0.2) is 6.29 Å². The van der Waals surface area contributed by atoms with Crippen molar-refractivity contribution in [3.63, 3.8) is 0 Å². The molecule has 2 nitrogen and oxygen atoms in total. The fraction of sp³-hybridized carbons (Fsp3) is 0.235. The fourth-order valence-electron chi connectivity index (χ4n) is 2.04. The van der Waals surface area contributed by atoms with Crippen LogP contribution < -0.4 is 4.74 Å². The molecule has 2 rings (SSSR count). The molecule has 0 aromatic heterocycles. The van der Waals surface area contributed by atoms with Gasteiger partial charge in [-0.25, -0.2) is 0 Å². The van der Waals surface area contributed by atoms with E-state index in [1.165, 1.54) is 0 Å². The van der Waals surface area contributed by atoms with Crippen molar-refractivity contribution in [3.8, 4) is 11.5 Å². The lowest BCUT2D eigenvalue weighted by molar-refractivity contribution is 0.112. The minimum absolute atomic E-state index is 0.383. The van der Waals surface area contributed by atoms with Crippen LogP contribution >= 0.6 is 11.6 Å². The smallest absolute Gasteiger partial charge is 0.156 e. The topological polar surface area (TPSA) is 26.3 Å². The molecular formula is C17H17ClO2. The Morgan fingerprint density at radius 2 is 1.95 bits per heavy atom. The van der Waals surface area contributed by atoms with Gasteiger partial charge in [-0.2, -0.15) is 0 Å². The summed E-state index contributed by atoms with van der Waals surface area (Å²) in [7, 11) is 0. The zero-order chi connectivity index (χ0) is 14.5. The molecule has 20 heavy (non-hydrogen) atoms. The normalized spacial score (nSPS) is 11.9. The summed E-state index contributed by atoms with van der Waals surface area (Å²) in [6.45, 7) is 4.28. The van der Waals surface area contributed by atoms with Crippen molar-refractivity contribution in [1.29, 1.82) is 0 Å². The third kappa shape index (κ3) is 3.02. The number of carbonyl (C=O) groups is 1. The van der Waals surface area contributed by atoms with E-state index in [0.717, 1.165) is 24.0 Å². The van der Waals surface area contributed by atoms with Crippen LogP contribution in [0, 0.1) is 0 Å². The van der Waals surface area contributed by atoms with Gasteiger partial charge in [-0.05, 0) is 36.1 Å². The van der Waals surface area contributed by atoms with Crippen molar-refractivity contribution >= 4 is 17.9 Å². The molecule has 1 atom stereocenters. The SMILES string of the molecule is CCC(C)c1ccccc1Oc1c(Cl)cccc1C=O. The van der Waals surface area contributed by atoms with Gasteiger partial charge in [-0.15, -0.1) is 0 Å². The first-order valence-electron chi connectivity index (χ1n) is 6.67. The van der Waals surface area contributed by atoms with Crippen molar-refractivity contribution in [2.45, 2.75) is 26.2 Å². The van der Waals surface area contributed by atoms with Crippen LogP contribution in [0.5, 0.6) is 11.5 Å². The molecule has 0 aliphatic rings. The van der Waals surface area contributed by atoms with Crippen molar-refractivity contribution in [3.05, 3.63) is 58.6 Å². The zero-order valence-corrected chi connectivity index (χ0v) is 12.4. The molecule has 2 aromatic rings. The van der Waals surface area contributed by atoms with Gasteiger partial charge in [0.15, 0.2) is 12.0 Å². The van der Waals surface area contributed by atoms with Crippen LogP contribution in [-0.2, 0) is 0 Å². The van der Waals surface area contributed by atoms with E-state index in [2.05, 4.69) is 13.8 Å². The molecule has 0 bridgehead atoms. The lowest BCUT2D eigenvalue weighted by Crippen LogP contribution is -1.98. The summed E-state index contributed by atoms with van der Waals surface area (Å²) in [5.74, 6) is 1.55. The van der Waals surface area contributed by atoms with Crippen molar-refractivity contribution in [2.75, 3.05) is 0 Å². The number of hydrogen-bond acceptors (Lipinski definition) is 2. The molecule has 2 aromatic carbocycles. The lowest BCUT2D eigenvalue weighted by Gasteiger charge is -2.16. The molecule has 0 spiro atoms. The third-order valence-corrected chi connectivity index (χ3v) is 3.70. The van der Waals surface area contributed by atoms with Gasteiger partial charge in [0, 0.05) is 0 Å². The molecule has 0 fully saturated rings. The number of halogens is 1. The van der Waals surface area contributed by atoms with Crippen LogP contribution in [0.1, 0.15) is 42.1 Å². The van der Waals surface area contributed by atoms with Crippen LogP contribution in [0.2, 0.25) is 5.02 Å². The van der Waals surface area contributed by atoms with Crippen molar-refractivity contribution in [1.82, 2.24) is 0 Å². The Bertz CT molecular complexity index is 608. The Labute approximate surface area is 124 Å². The number of hydrogen-bond donors (Lipinski definition) is 0. The van der Waals surface area contributed by atoms with Crippen molar-refractivity contribution < 1.29 is 9.53 Å². The highest BCUT2D eigenvalue weighted by Gasteiger charge is 2.14. The second-order valence-corrected chi connectivity index (χ2v) is 5.13. The van der Waals surface area contributed by atoms with Gasteiger partial charge in [0.05, 0.1) is 10.6 Å². The maximum Gasteiger partial charge on any atom is 0.156 e. The van der Waals surface area contributed by atoms with Gasteiger partial charge < -0.3 is 4.74 Å². The summed E-state index contributed by atoms with van der Waals surface area (Å²) >= 11 is 6.14. The summed E-state index contributed by atoms with van der Waals surface area (Å²) in [4.78, 5) is 11.1. The Morgan fingerprint density at radius 3 is 2.65 bits per heavy atom. The number of rotatable bonds is 5. The fourth-order valence-corrected chi connectivity index (χ4v) is 2.26. The van der Waals surface area contributed by atoms with E-state index in [4.69, 9.17) is 16.3 Å². The van der Waals surface area contributed by atoms with Crippen LogP contribution in [0.3, 0.4) is 0 Å². The summed E-state index contributed by atoms with van der Waals surface area (Å²) in [6.07, 6.45) is 1.77. The summed E-state index contributed by atoms with van der Waals surface area (Å²) in [5.41, 5.74) is 1.57. The standard InChI is InChI=1S/C17H17ClO2/c1-3-12(2)14-8-4-5-10-16(14)20-17-13(11-19)7-6-9-15(17)18/h4-12H,3H2,1-2H3. The number of aldehydes is 1. The van der Waals surface area contributed by atoms with E-state index in [0.29, 0.717) is 22.3 Å². The monoisotopic (exact) mass is 288 g/mol. The van der Waals surface area contributed by atoms with E-state index in [1.807, 2.05) is 24.3 Å². The molecule has 0 saturated carbocycles. The molecule has 104 valence electrons. The molecule has 0 amide bonds. The maximum atomic E-state index is 11.1. The summed E-state index contributed by atoms with van der Waals surface area (Å²) < 4.78 is 5.92. The molecule has 0 heterocycles. The minimum atomic E-state index is 0.383. The highest BCUT2D eigenvalue weighted by atomic mass is 35.5. The Balaban J connectivity index is 2.43. The number of ether oxygens (including phenoxy) is 1. The minimum Gasteiger partial charge on any atom is -0.455 e. The molecular weight excluding hydrogens is 272 g/mol. The van der Waals surface area contributed by atoms with E-state index in [9.17, 15) is 4.79 Å². The summed E-state index contributed by atoms with van der Waals surface area (Å²) in [6, 6.07) is 13.0. The molecule has 0 aliphatic carbocycles. The predicted octanol–water partition coefficient (Wildman–Crippen LogP) is 5.46. The number of benzene rings is 2. The van der Waals surface area contributed by atoms with Gasteiger partial charge in [-0.3, -0.25) is 4.79 Å². The molecule has 1 unspecified atom stereocenters. The largest absolute Gasteiger partial charge is 0.455 e. The number of carbonyl (C=O) groups excluding carboxylic acids is 1. The van der Waals surface area contributed by atoms with Crippen LogP contribution in [0.15, 0.2) is 42.5 Å². The highest BCUT2D eigenvalue weighted by molar-refractivity contribution is 6.32. The molecule has 0 saturated heterocycles. The average molecular weight is 289 g/mol. The Hall–Kier alpha value is -1.80. The van der Waals surface area contributed by atoms with Gasteiger partial charge in [0.1, 0.15) is 5.75 Å². The van der Waals surface area contributed by atoms with Gasteiger partial charge in [0.25, 0.3) is 0 Å². The van der Waals surface area contributed by atoms with E-state index in [-0.39, 0.29) is 0 Å². The Morgan fingerprint density at radius 1 is 1.20 bits per heavy atom. The third-order valence-electron chi connectivity index (χ3n) is 3.40. The van der Waals surface area contributed by atoms with Gasteiger partial charge in [-0.1, -0.05) is 49.7 Å². The van der Waals surface area contributed by atoms with Gasteiger partial charge >= 0.3 is 0 Å². The van der Waals surface area contributed by atoms with E-state index in [1.54, 1.807) is 18.2 Å². The maximum absolute atomic E-state index is 11.1. The van der Waals surface area contributed by atoms with Crippen molar-refractivity contribution in [2.24, 2.45) is 0 Å². The molecule has 3 heteroatoms. The molecule has 0 N–H and O–H groups in total. The Kier molecular flexibility index (Phi) is 4.80. The second kappa shape index (κ2) is 6.58. The highest BCUT2D eigenvalue weighted by Crippen LogP contribution is 2.36. The lowest BCUT2D eigenvalue weighted by atomic mass is 9.98. The summed E-state index contributed by atoms with van der Waals surface area (Å²) in [5, 5.41) is 0.438. The van der Waals surface area contributed by atoms with Crippen LogP contribution in [0.4, 0.5) is 0 Å². The molecule has 0 radical (unpaired) electrons. The number of para-hydroxylation sites is 2. The average Bonchev–Trinajstić information content (AvgIpc) is 2.49. The zero-order valence-electron chi connectivity index (χ0n) is 11.6. The van der Waals surface area contributed by atoms with Gasteiger partial charge in [0.2, 0.25) is 0 Å². The molecule has 0 aliphatic heterocycles. The first-order valence-corrected chi connectivity index (χ1v) is 7.05.